The number of hydrogen-bond acceptors (Lipinski definition) is 3. The Morgan fingerprint density at radius 3 is 2.86 bits per heavy atom. The van der Waals surface area contributed by atoms with Crippen LogP contribution >= 0.6 is 11.3 Å². The molecule has 4 heteroatoms. The van der Waals surface area contributed by atoms with Gasteiger partial charge in [-0.1, -0.05) is 31.1 Å². The molecule has 2 rings (SSSR count). The predicted octanol–water partition coefficient (Wildman–Crippen LogP) is 3.10. The zero-order valence-electron chi connectivity index (χ0n) is 12.7. The Labute approximate surface area is 130 Å². The summed E-state index contributed by atoms with van der Waals surface area (Å²) >= 11 is 1.40. The predicted molar refractivity (Wildman–Crippen MR) is 86.5 cm³/mol. The van der Waals surface area contributed by atoms with E-state index in [2.05, 4.69) is 24.1 Å². The summed E-state index contributed by atoms with van der Waals surface area (Å²) < 4.78 is 0. The number of hydrogen-bond donors (Lipinski definition) is 2. The first-order valence-electron chi connectivity index (χ1n) is 7.63. The van der Waals surface area contributed by atoms with Gasteiger partial charge in [-0.05, 0) is 44.2 Å². The van der Waals surface area contributed by atoms with E-state index in [9.17, 15) is 4.79 Å². The second kappa shape index (κ2) is 7.63. The van der Waals surface area contributed by atoms with Gasteiger partial charge in [0.25, 0.3) is 5.91 Å². The van der Waals surface area contributed by atoms with E-state index in [4.69, 9.17) is 5.11 Å². The van der Waals surface area contributed by atoms with Gasteiger partial charge in [-0.2, -0.15) is 0 Å². The Bertz CT molecular complexity index is 547. The highest BCUT2D eigenvalue weighted by Crippen LogP contribution is 2.27. The van der Waals surface area contributed by atoms with Crippen molar-refractivity contribution in [3.05, 3.63) is 21.4 Å². The van der Waals surface area contributed by atoms with Gasteiger partial charge in [0.05, 0.1) is 9.75 Å². The fourth-order valence-corrected chi connectivity index (χ4v) is 3.82. The smallest absolute Gasteiger partial charge is 0.261 e. The number of aryl methyl sites for hydroxylation is 1. The molecule has 0 saturated heterocycles. The van der Waals surface area contributed by atoms with E-state index in [1.807, 2.05) is 13.0 Å². The molecule has 114 valence electrons. The van der Waals surface area contributed by atoms with Gasteiger partial charge < -0.3 is 10.4 Å². The van der Waals surface area contributed by atoms with Crippen molar-refractivity contribution in [2.75, 3.05) is 6.61 Å². The van der Waals surface area contributed by atoms with Crippen LogP contribution < -0.4 is 5.32 Å². The molecule has 1 unspecified atom stereocenters. The molecule has 1 heterocycles. The molecule has 1 aliphatic rings. The number of carbonyl (C=O) groups is 1. The molecular formula is C17H23NO2S. The first-order valence-corrected chi connectivity index (χ1v) is 8.44. The van der Waals surface area contributed by atoms with Crippen LogP contribution in [0, 0.1) is 24.7 Å². The van der Waals surface area contributed by atoms with Crippen LogP contribution in [0.4, 0.5) is 0 Å². The molecule has 0 spiro atoms. The minimum absolute atomic E-state index is 0.00165. The molecule has 1 saturated carbocycles. The third-order valence-electron chi connectivity index (χ3n) is 4.14. The van der Waals surface area contributed by atoms with Gasteiger partial charge in [0.15, 0.2) is 0 Å². The number of aliphatic hydroxyl groups excluding tert-OH is 1. The summed E-state index contributed by atoms with van der Waals surface area (Å²) in [6.45, 7) is 3.90. The SMILES string of the molecule is Cc1cc(C(=O)NC(C)C2CCCCC2)sc1C#CCO. The van der Waals surface area contributed by atoms with Gasteiger partial charge in [0, 0.05) is 6.04 Å². The highest BCUT2D eigenvalue weighted by Gasteiger charge is 2.22. The molecule has 1 aromatic rings. The van der Waals surface area contributed by atoms with E-state index in [1.54, 1.807) is 0 Å². The highest BCUT2D eigenvalue weighted by molar-refractivity contribution is 7.14. The first-order chi connectivity index (χ1) is 10.1. The standard InChI is InChI=1S/C17H23NO2S/c1-12-11-16(21-15(12)9-6-10-19)17(20)18-13(2)14-7-4-3-5-8-14/h11,13-14,19H,3-5,7-8,10H2,1-2H3,(H,18,20). The fourth-order valence-electron chi connectivity index (χ4n) is 2.87. The van der Waals surface area contributed by atoms with Gasteiger partial charge >= 0.3 is 0 Å². The molecule has 3 nitrogen and oxygen atoms in total. The lowest BCUT2D eigenvalue weighted by molar-refractivity contribution is 0.0923. The molecule has 0 bridgehead atoms. The second-order valence-corrected chi connectivity index (χ2v) is 6.80. The topological polar surface area (TPSA) is 49.3 Å². The maximum Gasteiger partial charge on any atom is 0.261 e. The lowest BCUT2D eigenvalue weighted by Crippen LogP contribution is -2.38. The number of thiophene rings is 1. The van der Waals surface area contributed by atoms with Crippen LogP contribution in [0.1, 0.15) is 59.1 Å². The lowest BCUT2D eigenvalue weighted by atomic mass is 9.84. The van der Waals surface area contributed by atoms with Gasteiger partial charge in [-0.25, -0.2) is 0 Å². The van der Waals surface area contributed by atoms with E-state index in [0.29, 0.717) is 10.8 Å². The van der Waals surface area contributed by atoms with Crippen LogP contribution in [0.5, 0.6) is 0 Å². The van der Waals surface area contributed by atoms with E-state index in [-0.39, 0.29) is 18.6 Å². The number of rotatable bonds is 3. The van der Waals surface area contributed by atoms with Crippen LogP contribution in [-0.2, 0) is 0 Å². The van der Waals surface area contributed by atoms with E-state index >= 15 is 0 Å². The summed E-state index contributed by atoms with van der Waals surface area (Å²) in [4.78, 5) is 13.9. The number of amides is 1. The zero-order chi connectivity index (χ0) is 15.2. The molecule has 0 aliphatic heterocycles. The van der Waals surface area contributed by atoms with Crippen molar-refractivity contribution in [1.29, 1.82) is 0 Å². The Morgan fingerprint density at radius 1 is 1.48 bits per heavy atom. The molecule has 0 radical (unpaired) electrons. The normalized spacial score (nSPS) is 16.9. The van der Waals surface area contributed by atoms with Crippen molar-refractivity contribution < 1.29 is 9.90 Å². The van der Waals surface area contributed by atoms with Crippen LogP contribution in [0.3, 0.4) is 0 Å². The highest BCUT2D eigenvalue weighted by atomic mass is 32.1. The number of carbonyl (C=O) groups excluding carboxylic acids is 1. The minimum atomic E-state index is -0.155. The van der Waals surface area contributed by atoms with Gasteiger partial charge in [-0.3, -0.25) is 4.79 Å². The Balaban J connectivity index is 1.99. The van der Waals surface area contributed by atoms with Crippen molar-refractivity contribution in [1.82, 2.24) is 5.32 Å². The molecule has 1 fully saturated rings. The van der Waals surface area contributed by atoms with Crippen molar-refractivity contribution in [2.45, 2.75) is 52.0 Å². The Kier molecular flexibility index (Phi) is 5.84. The van der Waals surface area contributed by atoms with Crippen molar-refractivity contribution in [2.24, 2.45) is 5.92 Å². The fraction of sp³-hybridized carbons (Fsp3) is 0.588. The van der Waals surface area contributed by atoms with Crippen molar-refractivity contribution >= 4 is 17.2 Å². The summed E-state index contributed by atoms with van der Waals surface area (Å²) in [6, 6.07) is 2.11. The van der Waals surface area contributed by atoms with Gasteiger partial charge in [0.1, 0.15) is 6.61 Å². The Morgan fingerprint density at radius 2 is 2.19 bits per heavy atom. The van der Waals surface area contributed by atoms with E-state index < -0.39 is 0 Å². The molecule has 1 amide bonds. The second-order valence-electron chi connectivity index (χ2n) is 5.74. The maximum absolute atomic E-state index is 12.3. The van der Waals surface area contributed by atoms with E-state index in [0.717, 1.165) is 10.4 Å². The van der Waals surface area contributed by atoms with Gasteiger partial charge in [0.2, 0.25) is 0 Å². The zero-order valence-corrected chi connectivity index (χ0v) is 13.6. The third-order valence-corrected chi connectivity index (χ3v) is 5.29. The maximum atomic E-state index is 12.3. The molecule has 21 heavy (non-hydrogen) atoms. The minimum Gasteiger partial charge on any atom is -0.384 e. The third kappa shape index (κ3) is 4.33. The molecule has 1 aliphatic carbocycles. The summed E-state index contributed by atoms with van der Waals surface area (Å²) in [7, 11) is 0. The monoisotopic (exact) mass is 305 g/mol. The van der Waals surface area contributed by atoms with Crippen molar-refractivity contribution in [3.8, 4) is 11.8 Å². The van der Waals surface area contributed by atoms with Gasteiger partial charge in [-0.15, -0.1) is 11.3 Å². The van der Waals surface area contributed by atoms with E-state index in [1.165, 1.54) is 43.4 Å². The first kappa shape index (κ1) is 16.1. The molecule has 0 aromatic carbocycles. The average Bonchev–Trinajstić information content (AvgIpc) is 2.87. The molecule has 2 N–H and O–H groups in total. The van der Waals surface area contributed by atoms with Crippen molar-refractivity contribution in [3.63, 3.8) is 0 Å². The number of nitrogens with one attached hydrogen (secondary N) is 1. The largest absolute Gasteiger partial charge is 0.384 e. The Hall–Kier alpha value is -1.31. The van der Waals surface area contributed by atoms with Crippen LogP contribution in [-0.4, -0.2) is 23.7 Å². The van der Waals surface area contributed by atoms with Crippen LogP contribution in [0.2, 0.25) is 0 Å². The van der Waals surface area contributed by atoms with Crippen LogP contribution in [0.25, 0.3) is 0 Å². The molecule has 1 aromatic heterocycles. The molecular weight excluding hydrogens is 282 g/mol. The average molecular weight is 305 g/mol. The summed E-state index contributed by atoms with van der Waals surface area (Å²) in [5.41, 5.74) is 0.997. The lowest BCUT2D eigenvalue weighted by Gasteiger charge is -2.28. The number of aliphatic hydroxyl groups is 1. The quantitative estimate of drug-likeness (QED) is 0.843. The summed E-state index contributed by atoms with van der Waals surface area (Å²) in [5.74, 6) is 6.13. The molecule has 1 atom stereocenters. The van der Waals surface area contributed by atoms with Crippen LogP contribution in [0.15, 0.2) is 6.07 Å². The summed E-state index contributed by atoms with van der Waals surface area (Å²) in [6.07, 6.45) is 6.33. The summed E-state index contributed by atoms with van der Waals surface area (Å²) in [5, 5.41) is 11.9.